The van der Waals surface area contributed by atoms with E-state index in [1.165, 1.54) is 11.3 Å². The van der Waals surface area contributed by atoms with Crippen molar-refractivity contribution < 1.29 is 4.79 Å². The highest BCUT2D eigenvalue weighted by atomic mass is 32.1. The number of carbonyl (C=O) groups is 1. The number of fused-ring (bicyclic) bond motifs is 1. The van der Waals surface area contributed by atoms with Crippen molar-refractivity contribution in [2.24, 2.45) is 0 Å². The lowest BCUT2D eigenvalue weighted by atomic mass is 10.2. The molecule has 0 aliphatic rings. The van der Waals surface area contributed by atoms with Crippen molar-refractivity contribution in [1.29, 1.82) is 0 Å². The van der Waals surface area contributed by atoms with Gasteiger partial charge in [0.2, 0.25) is 0 Å². The van der Waals surface area contributed by atoms with E-state index in [1.807, 2.05) is 32.0 Å². The highest BCUT2D eigenvalue weighted by Gasteiger charge is 2.21. The van der Waals surface area contributed by atoms with Crippen molar-refractivity contribution in [3.63, 3.8) is 0 Å². The van der Waals surface area contributed by atoms with E-state index in [0.29, 0.717) is 39.6 Å². The highest BCUT2D eigenvalue weighted by molar-refractivity contribution is 7.20. The van der Waals surface area contributed by atoms with Crippen LogP contribution in [-0.2, 0) is 13.1 Å². The van der Waals surface area contributed by atoms with Crippen LogP contribution >= 0.6 is 11.3 Å². The maximum atomic E-state index is 13.1. The molecule has 9 heteroatoms. The number of rotatable bonds is 6. The largest absolute Gasteiger partial charge is 0.306 e. The topological polar surface area (TPSA) is 94.7 Å². The van der Waals surface area contributed by atoms with Gasteiger partial charge in [-0.2, -0.15) is 5.10 Å². The van der Waals surface area contributed by atoms with Gasteiger partial charge in [-0.15, -0.1) is 11.3 Å². The van der Waals surface area contributed by atoms with E-state index in [4.69, 9.17) is 0 Å². The van der Waals surface area contributed by atoms with Crippen LogP contribution in [0.2, 0.25) is 0 Å². The Morgan fingerprint density at radius 1 is 1.23 bits per heavy atom. The predicted octanol–water partition coefficient (Wildman–Crippen LogP) is 3.38. The first-order valence-electron chi connectivity index (χ1n) is 9.71. The Kier molecular flexibility index (Phi) is 5.45. The van der Waals surface area contributed by atoms with Gasteiger partial charge in [-0.3, -0.25) is 19.1 Å². The molecule has 30 heavy (non-hydrogen) atoms. The Morgan fingerprint density at radius 3 is 2.73 bits per heavy atom. The second kappa shape index (κ2) is 8.19. The predicted molar refractivity (Wildman–Crippen MR) is 117 cm³/mol. The molecule has 0 aliphatic carbocycles. The highest BCUT2D eigenvalue weighted by Crippen LogP contribution is 2.28. The molecule has 4 aromatic rings. The van der Waals surface area contributed by atoms with E-state index in [0.717, 1.165) is 17.7 Å². The monoisotopic (exact) mass is 422 g/mol. The van der Waals surface area contributed by atoms with Crippen LogP contribution in [0.15, 0.2) is 41.7 Å². The van der Waals surface area contributed by atoms with Crippen LogP contribution in [-0.4, -0.2) is 30.2 Å². The quantitative estimate of drug-likeness (QED) is 0.514. The summed E-state index contributed by atoms with van der Waals surface area (Å²) < 4.78 is 3.34. The summed E-state index contributed by atoms with van der Waals surface area (Å²) in [5.41, 5.74) is 2.39. The summed E-state index contributed by atoms with van der Waals surface area (Å²) in [5.74, 6) is 0.329. The number of thiophene rings is 1. The van der Waals surface area contributed by atoms with Crippen molar-refractivity contribution in [2.45, 2.75) is 40.3 Å². The Morgan fingerprint density at radius 2 is 2.00 bits per heavy atom. The molecule has 4 rings (SSSR count). The summed E-state index contributed by atoms with van der Waals surface area (Å²) >= 11 is 1.23. The lowest BCUT2D eigenvalue weighted by Gasteiger charge is -2.09. The van der Waals surface area contributed by atoms with Crippen molar-refractivity contribution in [2.75, 3.05) is 5.32 Å². The minimum absolute atomic E-state index is 0.103. The number of amides is 1. The number of pyridine rings is 1. The lowest BCUT2D eigenvalue weighted by molar-refractivity contribution is 0.102. The number of hydrogen-bond acceptors (Lipinski definition) is 6. The summed E-state index contributed by atoms with van der Waals surface area (Å²) in [6.07, 6.45) is 5.84. The van der Waals surface area contributed by atoms with E-state index in [2.05, 4.69) is 20.4 Å². The zero-order valence-corrected chi connectivity index (χ0v) is 17.9. The van der Waals surface area contributed by atoms with Gasteiger partial charge >= 0.3 is 0 Å². The Labute approximate surface area is 177 Å². The van der Waals surface area contributed by atoms with Crippen molar-refractivity contribution in [1.82, 2.24) is 24.3 Å². The van der Waals surface area contributed by atoms with Crippen LogP contribution in [0.1, 0.15) is 39.8 Å². The maximum absolute atomic E-state index is 13.1. The van der Waals surface area contributed by atoms with E-state index in [9.17, 15) is 9.59 Å². The van der Waals surface area contributed by atoms with Crippen molar-refractivity contribution in [3.8, 4) is 0 Å². The Hall–Kier alpha value is -3.33. The number of anilines is 1. The fraction of sp³-hybridized carbons (Fsp3) is 0.286. The van der Waals surface area contributed by atoms with Crippen LogP contribution < -0.4 is 10.9 Å². The van der Waals surface area contributed by atoms with Gasteiger partial charge in [0.05, 0.1) is 28.8 Å². The molecule has 0 radical (unpaired) electrons. The molecule has 154 valence electrons. The minimum atomic E-state index is -0.271. The molecule has 0 saturated carbocycles. The Balaban J connectivity index is 1.65. The average Bonchev–Trinajstić information content (AvgIpc) is 3.24. The average molecular weight is 423 g/mol. The third kappa shape index (κ3) is 3.76. The number of aromatic nitrogens is 5. The summed E-state index contributed by atoms with van der Waals surface area (Å²) in [5, 5.41) is 7.95. The van der Waals surface area contributed by atoms with E-state index in [-0.39, 0.29) is 11.5 Å². The minimum Gasteiger partial charge on any atom is -0.306 e. The third-order valence-corrected chi connectivity index (χ3v) is 6.01. The van der Waals surface area contributed by atoms with E-state index >= 15 is 0 Å². The molecule has 1 N–H and O–H groups in total. The van der Waals surface area contributed by atoms with E-state index < -0.39 is 0 Å². The molecule has 0 atom stereocenters. The van der Waals surface area contributed by atoms with E-state index in [1.54, 1.807) is 34.9 Å². The summed E-state index contributed by atoms with van der Waals surface area (Å²) in [4.78, 5) is 35.3. The van der Waals surface area contributed by atoms with Crippen molar-refractivity contribution >= 4 is 33.3 Å². The second-order valence-corrected chi connectivity index (χ2v) is 8.12. The summed E-state index contributed by atoms with van der Waals surface area (Å²) in [6.45, 7) is 6.80. The first kappa shape index (κ1) is 20.0. The molecular formula is C21H22N6O2S. The first-order chi connectivity index (χ1) is 14.5. The summed E-state index contributed by atoms with van der Waals surface area (Å²) in [6, 6.07) is 5.64. The number of nitrogens with one attached hydrogen (secondary N) is 1. The van der Waals surface area contributed by atoms with Crippen LogP contribution in [0.3, 0.4) is 0 Å². The second-order valence-electron chi connectivity index (χ2n) is 7.12. The fourth-order valence-corrected chi connectivity index (χ4v) is 4.41. The molecule has 0 unspecified atom stereocenters. The van der Waals surface area contributed by atoms with Crippen molar-refractivity contribution in [3.05, 3.63) is 69.0 Å². The lowest BCUT2D eigenvalue weighted by Crippen LogP contribution is -2.20. The molecule has 4 heterocycles. The number of aryl methyl sites for hydroxylation is 3. The zero-order chi connectivity index (χ0) is 21.3. The number of nitrogens with zero attached hydrogens (tertiary/aromatic N) is 5. The summed E-state index contributed by atoms with van der Waals surface area (Å²) in [7, 11) is 0. The van der Waals surface area contributed by atoms with Crippen LogP contribution in [0.5, 0.6) is 0 Å². The van der Waals surface area contributed by atoms with Gasteiger partial charge in [0.15, 0.2) is 0 Å². The van der Waals surface area contributed by atoms with Gasteiger partial charge in [0, 0.05) is 25.0 Å². The van der Waals surface area contributed by atoms with Gasteiger partial charge in [-0.25, -0.2) is 9.67 Å². The van der Waals surface area contributed by atoms with Gasteiger partial charge in [0.25, 0.3) is 11.5 Å². The van der Waals surface area contributed by atoms with Gasteiger partial charge in [0.1, 0.15) is 10.6 Å². The van der Waals surface area contributed by atoms with Crippen LogP contribution in [0.4, 0.5) is 5.82 Å². The normalized spacial score (nSPS) is 11.2. The standard InChI is InChI=1S/C21H22N6O2S/c1-4-9-26-12-23-20-17(21(26)29)14(3)18(30-20)19(28)24-16-10-13(2)25-27(16)11-15-5-7-22-8-6-15/h5-8,10,12H,4,9,11H2,1-3H3,(H,24,28). The molecule has 0 saturated heterocycles. The number of hydrogen-bond donors (Lipinski definition) is 1. The van der Waals surface area contributed by atoms with Gasteiger partial charge in [-0.05, 0) is 43.5 Å². The zero-order valence-electron chi connectivity index (χ0n) is 17.0. The molecule has 8 nitrogen and oxygen atoms in total. The maximum Gasteiger partial charge on any atom is 0.267 e. The number of carbonyl (C=O) groups excluding carboxylic acids is 1. The van der Waals surface area contributed by atoms with Gasteiger partial charge in [-0.1, -0.05) is 6.92 Å². The van der Waals surface area contributed by atoms with Crippen LogP contribution in [0, 0.1) is 13.8 Å². The SMILES string of the molecule is CCCn1cnc2sc(C(=O)Nc3cc(C)nn3Cc3ccncc3)c(C)c2c1=O. The molecule has 0 bridgehead atoms. The third-order valence-electron chi connectivity index (χ3n) is 4.81. The van der Waals surface area contributed by atoms with Gasteiger partial charge < -0.3 is 5.32 Å². The molecule has 0 aliphatic heterocycles. The fourth-order valence-electron chi connectivity index (χ4n) is 3.38. The van der Waals surface area contributed by atoms with Crippen LogP contribution in [0.25, 0.3) is 10.2 Å². The molecule has 0 spiro atoms. The molecular weight excluding hydrogens is 400 g/mol. The first-order valence-corrected chi connectivity index (χ1v) is 10.5. The molecule has 0 fully saturated rings. The Bertz CT molecular complexity index is 1270. The smallest absolute Gasteiger partial charge is 0.267 e. The molecule has 1 amide bonds. The molecule has 4 aromatic heterocycles. The molecule has 0 aromatic carbocycles.